The highest BCUT2D eigenvalue weighted by Crippen LogP contribution is 2.34. The fourth-order valence-corrected chi connectivity index (χ4v) is 2.45. The molecule has 0 fully saturated rings. The van der Waals surface area contributed by atoms with Crippen LogP contribution in [0, 0.1) is 0 Å². The summed E-state index contributed by atoms with van der Waals surface area (Å²) in [4.78, 5) is 23.5. The average Bonchev–Trinajstić information content (AvgIpc) is 2.36. The molecule has 116 valence electrons. The molecule has 0 radical (unpaired) electrons. The Balaban J connectivity index is 3.26. The van der Waals surface area contributed by atoms with Crippen molar-refractivity contribution < 1.29 is 19.4 Å². The van der Waals surface area contributed by atoms with Crippen LogP contribution in [0.15, 0.2) is 12.1 Å². The van der Waals surface area contributed by atoms with Gasteiger partial charge in [0.1, 0.15) is 0 Å². The first-order valence-electron chi connectivity index (χ1n) is 6.93. The first-order valence-corrected chi connectivity index (χ1v) is 7.31. The molecule has 1 rings (SSSR count). The number of esters is 1. The second-order valence-corrected chi connectivity index (χ2v) is 6.27. The predicted molar refractivity (Wildman–Crippen MR) is 82.3 cm³/mol. The maximum Gasteiger partial charge on any atom is 0.339 e. The summed E-state index contributed by atoms with van der Waals surface area (Å²) in [6.45, 7) is 8.04. The van der Waals surface area contributed by atoms with Crippen molar-refractivity contribution in [3.05, 3.63) is 33.8 Å². The molecule has 0 aliphatic heterocycles. The highest BCUT2D eigenvalue weighted by molar-refractivity contribution is 6.35. The fourth-order valence-electron chi connectivity index (χ4n) is 1.92. The van der Waals surface area contributed by atoms with E-state index in [1.54, 1.807) is 6.07 Å². The summed E-state index contributed by atoms with van der Waals surface area (Å²) >= 11 is 6.21. The predicted octanol–water partition coefficient (Wildman–Crippen LogP) is 4.29. The lowest BCUT2D eigenvalue weighted by molar-refractivity contribution is 0.0489. The molecular formula is C16H21ClO4. The van der Waals surface area contributed by atoms with E-state index in [0.717, 1.165) is 12.8 Å². The van der Waals surface area contributed by atoms with Crippen molar-refractivity contribution in [3.63, 3.8) is 0 Å². The topological polar surface area (TPSA) is 63.6 Å². The first kappa shape index (κ1) is 17.5. The zero-order chi connectivity index (χ0) is 16.2. The smallest absolute Gasteiger partial charge is 0.339 e. The highest BCUT2D eigenvalue weighted by Gasteiger charge is 2.27. The number of ether oxygens (including phenoxy) is 1. The third-order valence-electron chi connectivity index (χ3n) is 3.11. The van der Waals surface area contributed by atoms with E-state index in [1.165, 1.54) is 6.07 Å². The third kappa shape index (κ3) is 4.21. The van der Waals surface area contributed by atoms with E-state index >= 15 is 0 Å². The normalized spacial score (nSPS) is 11.3. The van der Waals surface area contributed by atoms with E-state index in [1.807, 2.05) is 27.7 Å². The van der Waals surface area contributed by atoms with Gasteiger partial charge in [0.2, 0.25) is 0 Å². The largest absolute Gasteiger partial charge is 0.478 e. The lowest BCUT2D eigenvalue weighted by Crippen LogP contribution is -2.18. The number of carboxylic acid groups (broad SMARTS) is 1. The van der Waals surface area contributed by atoms with Crippen molar-refractivity contribution in [2.45, 2.75) is 46.0 Å². The standard InChI is InChI=1S/C16H21ClO4/c1-5-6-9-21-15(20)10-7-8-11(16(2,3)4)13(17)12(10)14(18)19/h7-8H,5-6,9H2,1-4H3,(H,18,19). The van der Waals surface area contributed by atoms with Crippen LogP contribution in [0.5, 0.6) is 0 Å². The minimum absolute atomic E-state index is 0.00315. The molecule has 0 aliphatic carbocycles. The number of rotatable bonds is 5. The highest BCUT2D eigenvalue weighted by atomic mass is 35.5. The van der Waals surface area contributed by atoms with Gasteiger partial charge < -0.3 is 9.84 Å². The Bertz CT molecular complexity index is 544. The van der Waals surface area contributed by atoms with Gasteiger partial charge in [-0.15, -0.1) is 0 Å². The van der Waals surface area contributed by atoms with Crippen LogP contribution in [0.2, 0.25) is 5.02 Å². The number of hydrogen-bond acceptors (Lipinski definition) is 3. The summed E-state index contributed by atoms with van der Waals surface area (Å²) in [7, 11) is 0. The number of carbonyl (C=O) groups is 2. The van der Waals surface area contributed by atoms with Gasteiger partial charge >= 0.3 is 11.9 Å². The van der Waals surface area contributed by atoms with Crippen LogP contribution in [0.1, 0.15) is 66.8 Å². The summed E-state index contributed by atoms with van der Waals surface area (Å²) in [6.07, 6.45) is 1.63. The van der Waals surface area contributed by atoms with E-state index in [0.29, 0.717) is 5.56 Å². The molecule has 0 aromatic heterocycles. The Hall–Kier alpha value is -1.55. The van der Waals surface area contributed by atoms with Crippen molar-refractivity contribution in [3.8, 4) is 0 Å². The van der Waals surface area contributed by atoms with Crippen LogP contribution in [-0.4, -0.2) is 23.7 Å². The zero-order valence-corrected chi connectivity index (χ0v) is 13.6. The van der Waals surface area contributed by atoms with Crippen molar-refractivity contribution >= 4 is 23.5 Å². The van der Waals surface area contributed by atoms with Gasteiger partial charge in [-0.25, -0.2) is 9.59 Å². The quantitative estimate of drug-likeness (QED) is 0.650. The molecule has 0 amide bonds. The monoisotopic (exact) mass is 312 g/mol. The minimum atomic E-state index is -1.23. The molecule has 0 saturated heterocycles. The van der Waals surface area contributed by atoms with Crippen LogP contribution in [0.4, 0.5) is 0 Å². The van der Waals surface area contributed by atoms with E-state index < -0.39 is 11.9 Å². The van der Waals surface area contributed by atoms with Gasteiger partial charge in [-0.05, 0) is 23.5 Å². The van der Waals surface area contributed by atoms with E-state index in [-0.39, 0.29) is 28.2 Å². The molecular weight excluding hydrogens is 292 g/mol. The molecule has 1 aromatic carbocycles. The summed E-state index contributed by atoms with van der Waals surface area (Å²) in [6, 6.07) is 3.16. The Morgan fingerprint density at radius 3 is 2.38 bits per heavy atom. The van der Waals surface area contributed by atoms with Gasteiger partial charge in [0, 0.05) is 0 Å². The second kappa shape index (κ2) is 6.94. The van der Waals surface area contributed by atoms with Gasteiger partial charge in [-0.3, -0.25) is 0 Å². The SMILES string of the molecule is CCCCOC(=O)c1ccc(C(C)(C)C)c(Cl)c1C(=O)O. The number of aromatic carboxylic acids is 1. The lowest BCUT2D eigenvalue weighted by Gasteiger charge is -2.22. The molecule has 0 saturated carbocycles. The molecule has 0 spiro atoms. The number of benzene rings is 1. The van der Waals surface area contributed by atoms with Crippen molar-refractivity contribution in [2.24, 2.45) is 0 Å². The Morgan fingerprint density at radius 2 is 1.90 bits per heavy atom. The molecule has 1 N–H and O–H groups in total. The first-order chi connectivity index (χ1) is 9.70. The summed E-state index contributed by atoms with van der Waals surface area (Å²) in [5.74, 6) is -1.88. The summed E-state index contributed by atoms with van der Waals surface area (Å²) in [5, 5.41) is 9.46. The van der Waals surface area contributed by atoms with Gasteiger partial charge in [0.25, 0.3) is 0 Å². The van der Waals surface area contributed by atoms with Crippen LogP contribution in [-0.2, 0) is 10.2 Å². The zero-order valence-electron chi connectivity index (χ0n) is 12.8. The second-order valence-electron chi connectivity index (χ2n) is 5.89. The van der Waals surface area contributed by atoms with Gasteiger partial charge in [-0.2, -0.15) is 0 Å². The Labute approximate surface area is 130 Å². The summed E-state index contributed by atoms with van der Waals surface area (Å²) in [5.41, 5.74) is 0.181. The molecule has 0 atom stereocenters. The minimum Gasteiger partial charge on any atom is -0.478 e. The number of hydrogen-bond donors (Lipinski definition) is 1. The molecule has 0 heterocycles. The lowest BCUT2D eigenvalue weighted by atomic mass is 9.85. The maximum atomic E-state index is 12.0. The van der Waals surface area contributed by atoms with Crippen LogP contribution >= 0.6 is 11.6 Å². The number of halogens is 1. The van der Waals surface area contributed by atoms with E-state index in [9.17, 15) is 14.7 Å². The van der Waals surface area contributed by atoms with Crippen molar-refractivity contribution in [2.75, 3.05) is 6.61 Å². The number of carboxylic acids is 1. The number of carbonyl (C=O) groups excluding carboxylic acids is 1. The molecule has 1 aromatic rings. The molecule has 5 heteroatoms. The fraction of sp³-hybridized carbons (Fsp3) is 0.500. The number of unbranched alkanes of at least 4 members (excludes halogenated alkanes) is 1. The average molecular weight is 313 g/mol. The molecule has 0 bridgehead atoms. The Kier molecular flexibility index (Phi) is 5.78. The van der Waals surface area contributed by atoms with Gasteiger partial charge in [-0.1, -0.05) is 51.8 Å². The van der Waals surface area contributed by atoms with Crippen LogP contribution < -0.4 is 0 Å². The third-order valence-corrected chi connectivity index (χ3v) is 3.51. The van der Waals surface area contributed by atoms with Crippen LogP contribution in [0.25, 0.3) is 0 Å². The maximum absolute atomic E-state index is 12.0. The summed E-state index contributed by atoms with van der Waals surface area (Å²) < 4.78 is 5.08. The van der Waals surface area contributed by atoms with Crippen molar-refractivity contribution in [1.82, 2.24) is 0 Å². The Morgan fingerprint density at radius 1 is 1.29 bits per heavy atom. The van der Waals surface area contributed by atoms with E-state index in [4.69, 9.17) is 16.3 Å². The molecule has 4 nitrogen and oxygen atoms in total. The van der Waals surface area contributed by atoms with E-state index in [2.05, 4.69) is 0 Å². The molecule has 0 unspecified atom stereocenters. The van der Waals surface area contributed by atoms with Gasteiger partial charge in [0.15, 0.2) is 0 Å². The van der Waals surface area contributed by atoms with Crippen LogP contribution in [0.3, 0.4) is 0 Å². The van der Waals surface area contributed by atoms with Crippen molar-refractivity contribution in [1.29, 1.82) is 0 Å². The van der Waals surface area contributed by atoms with Gasteiger partial charge in [0.05, 0.1) is 22.8 Å². The molecule has 21 heavy (non-hydrogen) atoms. The molecule has 0 aliphatic rings.